The maximum atomic E-state index is 11.6. The van der Waals surface area contributed by atoms with E-state index >= 15 is 0 Å². The molecule has 0 aromatic carbocycles. The first-order valence-corrected chi connectivity index (χ1v) is 6.57. The third kappa shape index (κ3) is 2.97. The predicted molar refractivity (Wildman–Crippen MR) is 72.4 cm³/mol. The molecule has 1 fully saturated rings. The van der Waals surface area contributed by atoms with E-state index in [-0.39, 0.29) is 0 Å². The summed E-state index contributed by atoms with van der Waals surface area (Å²) in [5.74, 6) is 0.297. The van der Waals surface area contributed by atoms with Gasteiger partial charge in [-0.1, -0.05) is 6.92 Å². The molecule has 0 radical (unpaired) electrons. The van der Waals surface area contributed by atoms with E-state index in [1.165, 1.54) is 0 Å². The van der Waals surface area contributed by atoms with Crippen LogP contribution in [0.15, 0.2) is 18.3 Å². The molecule has 2 N–H and O–H groups in total. The number of hydrogen-bond acceptors (Lipinski definition) is 4. The van der Waals surface area contributed by atoms with Gasteiger partial charge in [-0.05, 0) is 37.7 Å². The Morgan fingerprint density at radius 1 is 1.53 bits per heavy atom. The highest BCUT2D eigenvalue weighted by molar-refractivity contribution is 5.83. The van der Waals surface area contributed by atoms with Gasteiger partial charge in [-0.25, -0.2) is 9.78 Å². The average molecular weight is 264 g/mol. The summed E-state index contributed by atoms with van der Waals surface area (Å²) in [6, 6.07) is 3.49. The number of anilines is 1. The van der Waals surface area contributed by atoms with Crippen molar-refractivity contribution in [2.45, 2.75) is 38.1 Å². The van der Waals surface area contributed by atoms with Crippen molar-refractivity contribution in [1.82, 2.24) is 4.98 Å². The minimum atomic E-state index is -0.862. The van der Waals surface area contributed by atoms with Crippen LogP contribution >= 0.6 is 0 Å². The SMILES string of the molecule is COc1cc(NC2(C(=O)O)CCC(C)CC2)ccn1. The van der Waals surface area contributed by atoms with Gasteiger partial charge in [-0.3, -0.25) is 0 Å². The number of ether oxygens (including phenoxy) is 1. The molecular weight excluding hydrogens is 244 g/mol. The van der Waals surface area contributed by atoms with Crippen LogP contribution in [0.5, 0.6) is 5.88 Å². The average Bonchev–Trinajstić information content (AvgIpc) is 2.41. The zero-order chi connectivity index (χ0) is 13.9. The molecule has 1 aromatic heterocycles. The Morgan fingerprint density at radius 3 is 2.79 bits per heavy atom. The van der Waals surface area contributed by atoms with E-state index in [1.807, 2.05) is 0 Å². The van der Waals surface area contributed by atoms with Crippen molar-refractivity contribution in [2.24, 2.45) is 5.92 Å². The van der Waals surface area contributed by atoms with Crippen molar-refractivity contribution in [3.05, 3.63) is 18.3 Å². The first kappa shape index (κ1) is 13.6. The van der Waals surface area contributed by atoms with Crippen LogP contribution in [0.25, 0.3) is 0 Å². The number of hydrogen-bond donors (Lipinski definition) is 2. The van der Waals surface area contributed by atoms with Gasteiger partial charge in [0.1, 0.15) is 5.54 Å². The van der Waals surface area contributed by atoms with Crippen molar-refractivity contribution >= 4 is 11.7 Å². The monoisotopic (exact) mass is 264 g/mol. The largest absolute Gasteiger partial charge is 0.481 e. The molecule has 104 valence electrons. The quantitative estimate of drug-likeness (QED) is 0.874. The van der Waals surface area contributed by atoms with Crippen LogP contribution in [-0.4, -0.2) is 28.7 Å². The van der Waals surface area contributed by atoms with Crippen LogP contribution in [0.2, 0.25) is 0 Å². The molecule has 1 saturated carbocycles. The number of methoxy groups -OCH3 is 1. The number of aliphatic carboxylic acids is 1. The lowest BCUT2D eigenvalue weighted by Gasteiger charge is -2.37. The lowest BCUT2D eigenvalue weighted by molar-refractivity contribution is -0.143. The van der Waals surface area contributed by atoms with Gasteiger partial charge < -0.3 is 15.2 Å². The van der Waals surface area contributed by atoms with Crippen molar-refractivity contribution in [3.8, 4) is 5.88 Å². The zero-order valence-electron chi connectivity index (χ0n) is 11.3. The molecule has 0 saturated heterocycles. The van der Waals surface area contributed by atoms with Gasteiger partial charge in [0.2, 0.25) is 5.88 Å². The molecular formula is C14H20N2O3. The highest BCUT2D eigenvalue weighted by Gasteiger charge is 2.41. The van der Waals surface area contributed by atoms with Crippen molar-refractivity contribution in [2.75, 3.05) is 12.4 Å². The fourth-order valence-electron chi connectivity index (χ4n) is 2.52. The Morgan fingerprint density at radius 2 is 2.21 bits per heavy atom. The summed E-state index contributed by atoms with van der Waals surface area (Å²) in [5, 5.41) is 12.7. The van der Waals surface area contributed by atoms with Crippen LogP contribution < -0.4 is 10.1 Å². The molecule has 5 heteroatoms. The van der Waals surface area contributed by atoms with Crippen LogP contribution in [-0.2, 0) is 4.79 Å². The van der Waals surface area contributed by atoms with Crippen LogP contribution in [0.4, 0.5) is 5.69 Å². The second-order valence-corrected chi connectivity index (χ2v) is 5.28. The van der Waals surface area contributed by atoms with Crippen molar-refractivity contribution in [1.29, 1.82) is 0 Å². The first-order valence-electron chi connectivity index (χ1n) is 6.57. The number of pyridine rings is 1. The number of carboxylic acids is 1. The summed E-state index contributed by atoms with van der Waals surface area (Å²) >= 11 is 0. The fraction of sp³-hybridized carbons (Fsp3) is 0.571. The van der Waals surface area contributed by atoms with E-state index in [4.69, 9.17) is 4.74 Å². The minimum absolute atomic E-state index is 0.481. The van der Waals surface area contributed by atoms with E-state index in [9.17, 15) is 9.90 Å². The molecule has 1 heterocycles. The van der Waals surface area contributed by atoms with Crippen LogP contribution in [0, 0.1) is 5.92 Å². The molecule has 5 nitrogen and oxygen atoms in total. The summed E-state index contributed by atoms with van der Waals surface area (Å²) in [6.45, 7) is 2.17. The second-order valence-electron chi connectivity index (χ2n) is 5.28. The van der Waals surface area contributed by atoms with Crippen molar-refractivity contribution in [3.63, 3.8) is 0 Å². The summed E-state index contributed by atoms with van der Waals surface area (Å²) in [5.41, 5.74) is -0.123. The van der Waals surface area contributed by atoms with Gasteiger partial charge in [-0.15, -0.1) is 0 Å². The number of carbonyl (C=O) groups is 1. The molecule has 0 aliphatic heterocycles. The number of rotatable bonds is 4. The van der Waals surface area contributed by atoms with E-state index in [1.54, 1.807) is 25.4 Å². The standard InChI is InChI=1S/C14H20N2O3/c1-10-3-6-14(7-4-10,13(17)18)16-11-5-8-15-12(9-11)19-2/h5,8-10H,3-4,6-7H2,1-2H3,(H,15,16)(H,17,18). The summed E-state index contributed by atoms with van der Waals surface area (Å²) in [6.07, 6.45) is 4.77. The predicted octanol–water partition coefficient (Wildman–Crippen LogP) is 2.54. The van der Waals surface area contributed by atoms with E-state index in [0.717, 1.165) is 18.5 Å². The third-order valence-corrected chi connectivity index (χ3v) is 3.86. The number of carboxylic acid groups (broad SMARTS) is 1. The van der Waals surface area contributed by atoms with E-state index in [0.29, 0.717) is 24.6 Å². The minimum Gasteiger partial charge on any atom is -0.481 e. The summed E-state index contributed by atoms with van der Waals surface area (Å²) in [4.78, 5) is 15.7. The molecule has 2 rings (SSSR count). The molecule has 0 spiro atoms. The highest BCUT2D eigenvalue weighted by atomic mass is 16.5. The summed E-state index contributed by atoms with van der Waals surface area (Å²) < 4.78 is 5.06. The maximum absolute atomic E-state index is 11.6. The number of nitrogens with one attached hydrogen (secondary N) is 1. The van der Waals surface area contributed by atoms with Gasteiger partial charge >= 0.3 is 5.97 Å². The Hall–Kier alpha value is -1.78. The molecule has 0 amide bonds. The topological polar surface area (TPSA) is 71.5 Å². The fourth-order valence-corrected chi connectivity index (χ4v) is 2.52. The van der Waals surface area contributed by atoms with Crippen LogP contribution in [0.3, 0.4) is 0 Å². The summed E-state index contributed by atoms with van der Waals surface area (Å²) in [7, 11) is 1.54. The van der Waals surface area contributed by atoms with Crippen LogP contribution in [0.1, 0.15) is 32.6 Å². The van der Waals surface area contributed by atoms with Crippen molar-refractivity contribution < 1.29 is 14.6 Å². The molecule has 0 unspecified atom stereocenters. The number of nitrogens with zero attached hydrogens (tertiary/aromatic N) is 1. The molecule has 19 heavy (non-hydrogen) atoms. The Labute approximate surface area is 113 Å². The van der Waals surface area contributed by atoms with E-state index in [2.05, 4.69) is 17.2 Å². The molecule has 1 aliphatic rings. The molecule has 1 aromatic rings. The lowest BCUT2D eigenvalue weighted by Crippen LogP contribution is -2.48. The van der Waals surface area contributed by atoms with Gasteiger partial charge in [0.25, 0.3) is 0 Å². The van der Waals surface area contributed by atoms with E-state index < -0.39 is 11.5 Å². The van der Waals surface area contributed by atoms with Gasteiger partial charge in [0.05, 0.1) is 7.11 Å². The second kappa shape index (κ2) is 5.47. The van der Waals surface area contributed by atoms with Gasteiger partial charge in [0.15, 0.2) is 0 Å². The molecule has 0 bridgehead atoms. The first-order chi connectivity index (χ1) is 9.05. The Balaban J connectivity index is 2.19. The highest BCUT2D eigenvalue weighted by Crippen LogP contribution is 2.35. The maximum Gasteiger partial charge on any atom is 0.329 e. The van der Waals surface area contributed by atoms with Gasteiger partial charge in [0, 0.05) is 18.0 Å². The normalized spacial score (nSPS) is 26.7. The molecule has 1 aliphatic carbocycles. The van der Waals surface area contributed by atoms with Gasteiger partial charge in [-0.2, -0.15) is 0 Å². The third-order valence-electron chi connectivity index (χ3n) is 3.86. The lowest BCUT2D eigenvalue weighted by atomic mass is 9.77. The Kier molecular flexibility index (Phi) is 3.93. The smallest absolute Gasteiger partial charge is 0.329 e. The molecule has 0 atom stereocenters. The zero-order valence-corrected chi connectivity index (χ0v) is 11.3. The Bertz CT molecular complexity index is 454. The number of aromatic nitrogens is 1.